The van der Waals surface area contributed by atoms with Gasteiger partial charge in [0.05, 0.1) is 13.1 Å². The fraction of sp³-hybridized carbons (Fsp3) is 0.444. The molecule has 25 heavy (non-hydrogen) atoms. The number of fused-ring (bicyclic) bond motifs is 1. The fourth-order valence-corrected chi connectivity index (χ4v) is 5.04. The van der Waals surface area contributed by atoms with E-state index in [1.54, 1.807) is 0 Å². The first kappa shape index (κ1) is 16.5. The molecule has 0 spiro atoms. The second-order valence-electron chi connectivity index (χ2n) is 6.99. The number of aromatic hydroxyl groups is 1. The lowest BCUT2D eigenvalue weighted by atomic mass is 9.95. The molecule has 5 nitrogen and oxygen atoms in total. The highest BCUT2D eigenvalue weighted by atomic mass is 32.1. The van der Waals surface area contributed by atoms with Crippen LogP contribution in [0.3, 0.4) is 0 Å². The second-order valence-corrected chi connectivity index (χ2v) is 8.00. The summed E-state index contributed by atoms with van der Waals surface area (Å²) in [5.74, 6) is 1.19. The van der Waals surface area contributed by atoms with Crippen LogP contribution < -0.4 is 4.90 Å². The number of hydrogen-bond acceptors (Lipinski definition) is 4. The van der Waals surface area contributed by atoms with Gasteiger partial charge in [0, 0.05) is 11.5 Å². The predicted molar refractivity (Wildman–Crippen MR) is 94.6 cm³/mol. The molecule has 0 bridgehead atoms. The number of nitrogens with one attached hydrogen (secondary N) is 1. The van der Waals surface area contributed by atoms with Crippen molar-refractivity contribution in [2.45, 2.75) is 32.7 Å². The van der Waals surface area contributed by atoms with Crippen LogP contribution in [0.1, 0.15) is 42.1 Å². The first-order chi connectivity index (χ1) is 12.0. The molecule has 3 heterocycles. The Morgan fingerprint density at radius 3 is 2.80 bits per heavy atom. The quantitative estimate of drug-likeness (QED) is 0.753. The number of nitrogens with zero attached hydrogens (tertiary/aromatic N) is 3. The highest BCUT2D eigenvalue weighted by Gasteiger charge is 2.35. The zero-order valence-corrected chi connectivity index (χ0v) is 15.2. The Bertz CT molecular complexity index is 889. The molecule has 3 atom stereocenters. The average molecular weight is 361 g/mol. The van der Waals surface area contributed by atoms with Gasteiger partial charge in [-0.1, -0.05) is 18.3 Å². The van der Waals surface area contributed by atoms with E-state index in [4.69, 9.17) is 0 Å². The molecule has 1 aliphatic rings. The van der Waals surface area contributed by atoms with E-state index in [0.29, 0.717) is 16.7 Å². The van der Waals surface area contributed by atoms with E-state index in [0.717, 1.165) is 30.0 Å². The lowest BCUT2D eigenvalue weighted by Crippen LogP contribution is -3.13. The van der Waals surface area contributed by atoms with Crippen molar-refractivity contribution in [1.29, 1.82) is 0 Å². The third kappa shape index (κ3) is 3.02. The van der Waals surface area contributed by atoms with Crippen molar-refractivity contribution in [2.75, 3.05) is 13.1 Å². The number of thiazole rings is 1. The molecule has 2 N–H and O–H groups in total. The predicted octanol–water partition coefficient (Wildman–Crippen LogP) is 2.35. The zero-order valence-electron chi connectivity index (χ0n) is 14.4. The molecule has 1 unspecified atom stereocenters. The molecule has 1 aliphatic heterocycles. The van der Waals surface area contributed by atoms with Crippen LogP contribution >= 0.6 is 11.3 Å². The van der Waals surface area contributed by atoms with Crippen molar-refractivity contribution < 1.29 is 14.4 Å². The van der Waals surface area contributed by atoms with Gasteiger partial charge in [-0.25, -0.2) is 9.37 Å². The molecule has 1 saturated heterocycles. The Morgan fingerprint density at radius 2 is 2.12 bits per heavy atom. The Labute approximate surface area is 149 Å². The molecule has 1 fully saturated rings. The minimum Gasteiger partial charge on any atom is -0.492 e. The smallest absolute Gasteiger partial charge is 0.235 e. The number of likely N-dealkylation sites (tertiary alicyclic amines) is 1. The van der Waals surface area contributed by atoms with Crippen molar-refractivity contribution in [3.8, 4) is 5.88 Å². The average Bonchev–Trinajstić information content (AvgIpc) is 3.08. The Morgan fingerprint density at radius 1 is 1.36 bits per heavy atom. The highest BCUT2D eigenvalue weighted by Crippen LogP contribution is 2.35. The van der Waals surface area contributed by atoms with Crippen molar-refractivity contribution in [1.82, 2.24) is 14.6 Å². The number of aromatic nitrogens is 3. The first-order valence-electron chi connectivity index (χ1n) is 8.68. The Balaban J connectivity index is 1.81. The Kier molecular flexibility index (Phi) is 4.21. The summed E-state index contributed by atoms with van der Waals surface area (Å²) in [6, 6.07) is 6.61. The van der Waals surface area contributed by atoms with Crippen LogP contribution in [0.15, 0.2) is 24.3 Å². The molecule has 0 amide bonds. The van der Waals surface area contributed by atoms with E-state index in [1.807, 2.05) is 19.1 Å². The number of halogens is 1. The monoisotopic (exact) mass is 361 g/mol. The van der Waals surface area contributed by atoms with Crippen molar-refractivity contribution >= 4 is 16.3 Å². The van der Waals surface area contributed by atoms with Gasteiger partial charge in [0.2, 0.25) is 10.8 Å². The molecule has 7 heteroatoms. The molecule has 0 saturated carbocycles. The number of aryl methyl sites for hydroxylation is 1. The summed E-state index contributed by atoms with van der Waals surface area (Å²) < 4.78 is 14.9. The first-order valence-corrected chi connectivity index (χ1v) is 9.49. The molecule has 0 radical (unpaired) electrons. The van der Waals surface area contributed by atoms with Crippen molar-refractivity contribution in [3.05, 3.63) is 46.3 Å². The van der Waals surface area contributed by atoms with Gasteiger partial charge in [-0.3, -0.25) is 0 Å². The maximum Gasteiger partial charge on any atom is 0.235 e. The SMILES string of the molecule is Cc1nc2sc([C@@H](c3ccc(F)cc3)[NH+]3CCC[C@H](C)C3)c(O)n2n1. The van der Waals surface area contributed by atoms with Gasteiger partial charge < -0.3 is 10.0 Å². The summed E-state index contributed by atoms with van der Waals surface area (Å²) >= 11 is 1.47. The number of piperidine rings is 1. The van der Waals surface area contributed by atoms with E-state index in [-0.39, 0.29) is 17.7 Å². The lowest BCUT2D eigenvalue weighted by Gasteiger charge is -2.34. The summed E-state index contributed by atoms with van der Waals surface area (Å²) in [6.45, 7) is 6.16. The number of quaternary nitrogens is 1. The van der Waals surface area contributed by atoms with Gasteiger partial charge in [-0.2, -0.15) is 4.52 Å². The minimum atomic E-state index is -0.244. The molecule has 1 aromatic carbocycles. The van der Waals surface area contributed by atoms with Gasteiger partial charge in [-0.05, 0) is 44.0 Å². The summed E-state index contributed by atoms with van der Waals surface area (Å²) in [4.78, 5) is 7.34. The van der Waals surface area contributed by atoms with E-state index < -0.39 is 0 Å². The van der Waals surface area contributed by atoms with Gasteiger partial charge in [-0.15, -0.1) is 5.10 Å². The molecular formula is C18H22FN4OS+. The van der Waals surface area contributed by atoms with Gasteiger partial charge in [0.15, 0.2) is 6.04 Å². The normalized spacial score (nSPS) is 22.4. The second kappa shape index (κ2) is 6.38. The van der Waals surface area contributed by atoms with E-state index in [1.165, 1.54) is 39.3 Å². The third-order valence-corrected chi connectivity index (χ3v) is 6.07. The summed E-state index contributed by atoms with van der Waals surface area (Å²) in [5, 5.41) is 15.0. The van der Waals surface area contributed by atoms with E-state index in [2.05, 4.69) is 17.0 Å². The number of benzene rings is 1. The largest absolute Gasteiger partial charge is 0.492 e. The van der Waals surface area contributed by atoms with Crippen LogP contribution in [0.2, 0.25) is 0 Å². The summed E-state index contributed by atoms with van der Waals surface area (Å²) in [5.41, 5.74) is 1.02. The van der Waals surface area contributed by atoms with Crippen LogP contribution in [-0.4, -0.2) is 32.8 Å². The van der Waals surface area contributed by atoms with Gasteiger partial charge >= 0.3 is 0 Å². The van der Waals surface area contributed by atoms with Crippen LogP contribution in [0.25, 0.3) is 4.96 Å². The lowest BCUT2D eigenvalue weighted by molar-refractivity contribution is -0.933. The minimum absolute atomic E-state index is 0.0304. The van der Waals surface area contributed by atoms with E-state index in [9.17, 15) is 9.50 Å². The maximum atomic E-state index is 13.4. The Hall–Kier alpha value is -1.99. The van der Waals surface area contributed by atoms with Crippen LogP contribution in [0.4, 0.5) is 4.39 Å². The van der Waals surface area contributed by atoms with E-state index >= 15 is 0 Å². The molecule has 132 valence electrons. The standard InChI is InChI=1S/C18H21FN4OS/c1-11-4-3-9-22(10-11)15(13-5-7-14(19)8-6-13)16-17(24)23-18(25-16)20-12(2)21-23/h5-8,11,15,24H,3-4,9-10H2,1-2H3/p+1/t11-,15+/m0/s1. The molecule has 3 aromatic rings. The molecule has 4 rings (SSSR count). The van der Waals surface area contributed by atoms with Gasteiger partial charge in [0.25, 0.3) is 0 Å². The van der Waals surface area contributed by atoms with Crippen LogP contribution in [0.5, 0.6) is 5.88 Å². The van der Waals surface area contributed by atoms with Crippen molar-refractivity contribution in [2.24, 2.45) is 5.92 Å². The number of rotatable bonds is 3. The fourth-order valence-electron chi connectivity index (χ4n) is 3.86. The number of hydrogen-bond donors (Lipinski definition) is 2. The van der Waals surface area contributed by atoms with Crippen LogP contribution in [0, 0.1) is 18.7 Å². The summed E-state index contributed by atoms with van der Waals surface area (Å²) in [6.07, 6.45) is 2.40. The maximum absolute atomic E-state index is 13.4. The van der Waals surface area contributed by atoms with Gasteiger partial charge in [0.1, 0.15) is 16.5 Å². The molecule has 0 aliphatic carbocycles. The van der Waals surface area contributed by atoms with Crippen LogP contribution in [-0.2, 0) is 0 Å². The topological polar surface area (TPSA) is 54.9 Å². The molecule has 2 aromatic heterocycles. The highest BCUT2D eigenvalue weighted by molar-refractivity contribution is 7.17. The van der Waals surface area contributed by atoms with Crippen molar-refractivity contribution in [3.63, 3.8) is 0 Å². The zero-order chi connectivity index (χ0) is 17.6. The molecular weight excluding hydrogens is 339 g/mol. The third-order valence-electron chi connectivity index (χ3n) is 4.98. The summed E-state index contributed by atoms with van der Waals surface area (Å²) in [7, 11) is 0.